The van der Waals surface area contributed by atoms with Crippen LogP contribution in [0.2, 0.25) is 0 Å². The topological polar surface area (TPSA) is 78.4 Å². The first-order valence-corrected chi connectivity index (χ1v) is 8.67. The van der Waals surface area contributed by atoms with E-state index in [1.807, 2.05) is 37.3 Å². The molecule has 3 rings (SSSR count). The summed E-state index contributed by atoms with van der Waals surface area (Å²) < 4.78 is 0. The maximum atomic E-state index is 12.3. The number of benzene rings is 1. The van der Waals surface area contributed by atoms with Gasteiger partial charge in [-0.15, -0.1) is 11.8 Å². The molecule has 122 valence electrons. The van der Waals surface area contributed by atoms with Gasteiger partial charge in [0.1, 0.15) is 0 Å². The number of fused-ring (bicyclic) bond motifs is 1. The highest BCUT2D eigenvalue weighted by atomic mass is 32.2. The number of aliphatic carboxylic acids is 1. The Morgan fingerprint density at radius 1 is 1.30 bits per heavy atom. The van der Waals surface area contributed by atoms with Crippen molar-refractivity contribution in [2.24, 2.45) is 5.92 Å². The summed E-state index contributed by atoms with van der Waals surface area (Å²) in [4.78, 5) is 24.7. The predicted molar refractivity (Wildman–Crippen MR) is 90.2 cm³/mol. The molecule has 0 aromatic heterocycles. The van der Waals surface area contributed by atoms with E-state index in [0.717, 1.165) is 28.5 Å². The summed E-state index contributed by atoms with van der Waals surface area (Å²) in [7, 11) is 0. The molecule has 2 fully saturated rings. The summed E-state index contributed by atoms with van der Waals surface area (Å²) in [6, 6.07) is 10.1. The van der Waals surface area contributed by atoms with Gasteiger partial charge < -0.3 is 5.11 Å². The molecule has 1 aromatic rings. The Kier molecular flexibility index (Phi) is 4.84. The fourth-order valence-corrected chi connectivity index (χ4v) is 4.70. The van der Waals surface area contributed by atoms with Crippen LogP contribution in [0.3, 0.4) is 0 Å². The van der Waals surface area contributed by atoms with Gasteiger partial charge in [-0.25, -0.2) is 4.79 Å². The Labute approximate surface area is 139 Å². The third kappa shape index (κ3) is 3.34. The average Bonchev–Trinajstić information content (AvgIpc) is 3.15. The lowest BCUT2D eigenvalue weighted by atomic mass is 9.87. The number of rotatable bonds is 5. The van der Waals surface area contributed by atoms with Crippen molar-refractivity contribution >= 4 is 23.5 Å². The standard InChI is InChI=1S/C17H20N2O3S/c1-10(16-14-13(8-23-16)18-9-19-14)12(15(20)17(21)22)7-11-5-3-2-4-6-11/h2-6,12-14,18-19H,7-9H2,1H3,(H,21,22)/t12?,13-,14-/m0/s1. The van der Waals surface area contributed by atoms with Gasteiger partial charge in [-0.1, -0.05) is 35.9 Å². The highest BCUT2D eigenvalue weighted by Crippen LogP contribution is 2.38. The highest BCUT2D eigenvalue weighted by Gasteiger charge is 2.39. The number of allylic oxidation sites excluding steroid dienone is 1. The van der Waals surface area contributed by atoms with Gasteiger partial charge in [0.2, 0.25) is 5.78 Å². The number of carboxylic acids is 1. The van der Waals surface area contributed by atoms with Crippen molar-refractivity contribution in [1.82, 2.24) is 10.6 Å². The summed E-state index contributed by atoms with van der Waals surface area (Å²) in [5, 5.41) is 16.0. The Balaban J connectivity index is 1.91. The van der Waals surface area contributed by atoms with E-state index in [1.165, 1.54) is 0 Å². The van der Waals surface area contributed by atoms with Gasteiger partial charge in [-0.05, 0) is 18.9 Å². The third-order valence-corrected chi connectivity index (χ3v) is 5.92. The zero-order chi connectivity index (χ0) is 16.4. The number of ketones is 1. The van der Waals surface area contributed by atoms with Gasteiger partial charge in [0.05, 0.1) is 12.0 Å². The van der Waals surface area contributed by atoms with Crippen LogP contribution in [0, 0.1) is 5.92 Å². The molecule has 0 amide bonds. The quantitative estimate of drug-likeness (QED) is 0.708. The molecule has 5 nitrogen and oxygen atoms in total. The van der Waals surface area contributed by atoms with Crippen molar-refractivity contribution in [2.45, 2.75) is 25.4 Å². The van der Waals surface area contributed by atoms with Crippen molar-refractivity contribution in [1.29, 1.82) is 0 Å². The minimum absolute atomic E-state index is 0.194. The molecule has 2 heterocycles. The SMILES string of the molecule is CC(=C1SC[C@@H]2NCN[C@H]12)C(Cc1ccccc1)C(=O)C(=O)O. The van der Waals surface area contributed by atoms with E-state index in [-0.39, 0.29) is 6.04 Å². The van der Waals surface area contributed by atoms with Crippen molar-refractivity contribution in [2.75, 3.05) is 12.4 Å². The lowest BCUT2D eigenvalue weighted by molar-refractivity contribution is -0.150. The Hall–Kier alpha value is -1.63. The molecule has 3 atom stereocenters. The van der Waals surface area contributed by atoms with Crippen LogP contribution in [0.25, 0.3) is 0 Å². The number of hydrogen-bond acceptors (Lipinski definition) is 5. The van der Waals surface area contributed by atoms with Crippen molar-refractivity contribution in [3.8, 4) is 0 Å². The van der Waals surface area contributed by atoms with E-state index in [4.69, 9.17) is 0 Å². The van der Waals surface area contributed by atoms with Crippen molar-refractivity contribution < 1.29 is 14.7 Å². The van der Waals surface area contributed by atoms with Crippen LogP contribution >= 0.6 is 11.8 Å². The fraction of sp³-hybridized carbons (Fsp3) is 0.412. The van der Waals surface area contributed by atoms with Gasteiger partial charge in [0, 0.05) is 23.4 Å². The third-order valence-electron chi connectivity index (χ3n) is 4.51. The summed E-state index contributed by atoms with van der Waals surface area (Å²) in [5.41, 5.74) is 1.86. The second-order valence-electron chi connectivity index (χ2n) is 5.94. The second kappa shape index (κ2) is 6.86. The summed E-state index contributed by atoms with van der Waals surface area (Å²) in [6.45, 7) is 2.65. The van der Waals surface area contributed by atoms with Crippen molar-refractivity contribution in [3.63, 3.8) is 0 Å². The maximum Gasteiger partial charge on any atom is 0.372 e. The number of carboxylic acid groups (broad SMARTS) is 1. The van der Waals surface area contributed by atoms with Crippen LogP contribution in [0.5, 0.6) is 0 Å². The molecule has 6 heteroatoms. The fourth-order valence-electron chi connectivity index (χ4n) is 3.23. The van der Waals surface area contributed by atoms with Crippen LogP contribution < -0.4 is 10.6 Å². The van der Waals surface area contributed by atoms with E-state index < -0.39 is 17.7 Å². The van der Waals surface area contributed by atoms with Gasteiger partial charge in [-0.2, -0.15) is 0 Å². The normalized spacial score (nSPS) is 26.7. The molecular weight excluding hydrogens is 312 g/mol. The number of carbonyl (C=O) groups excluding carboxylic acids is 1. The minimum Gasteiger partial charge on any atom is -0.475 e. The monoisotopic (exact) mass is 332 g/mol. The van der Waals surface area contributed by atoms with Crippen LogP contribution in [0.1, 0.15) is 12.5 Å². The molecule has 2 aliphatic heterocycles. The molecule has 0 radical (unpaired) electrons. The zero-order valence-corrected chi connectivity index (χ0v) is 13.7. The molecule has 2 saturated heterocycles. The van der Waals surface area contributed by atoms with Crippen LogP contribution in [0.15, 0.2) is 40.8 Å². The lowest BCUT2D eigenvalue weighted by Gasteiger charge is -2.20. The van der Waals surface area contributed by atoms with Gasteiger partial charge in [0.15, 0.2) is 0 Å². The highest BCUT2D eigenvalue weighted by molar-refractivity contribution is 8.03. The number of nitrogens with one attached hydrogen (secondary N) is 2. The Bertz CT molecular complexity index is 644. The van der Waals surface area contributed by atoms with E-state index in [0.29, 0.717) is 12.5 Å². The first-order valence-electron chi connectivity index (χ1n) is 7.69. The largest absolute Gasteiger partial charge is 0.475 e. The molecule has 1 unspecified atom stereocenters. The lowest BCUT2D eigenvalue weighted by Crippen LogP contribution is -2.33. The maximum absolute atomic E-state index is 12.3. The first kappa shape index (κ1) is 16.2. The molecule has 3 N–H and O–H groups in total. The number of Topliss-reactive ketones (excluding diaryl/α,β-unsaturated/α-hetero) is 1. The molecule has 0 aliphatic carbocycles. The summed E-state index contributed by atoms with van der Waals surface area (Å²) in [5.74, 6) is -1.75. The van der Waals surface area contributed by atoms with Crippen molar-refractivity contribution in [3.05, 3.63) is 46.4 Å². The molecule has 0 saturated carbocycles. The van der Waals surface area contributed by atoms with Crippen LogP contribution in [-0.2, 0) is 16.0 Å². The summed E-state index contributed by atoms with van der Waals surface area (Å²) in [6.07, 6.45) is 0.423. The zero-order valence-electron chi connectivity index (χ0n) is 12.9. The predicted octanol–water partition coefficient (Wildman–Crippen LogP) is 1.41. The molecule has 1 aromatic carbocycles. The van der Waals surface area contributed by atoms with Gasteiger partial charge in [-0.3, -0.25) is 15.4 Å². The van der Waals surface area contributed by atoms with E-state index >= 15 is 0 Å². The average molecular weight is 332 g/mol. The van der Waals surface area contributed by atoms with E-state index in [1.54, 1.807) is 11.8 Å². The number of carbonyl (C=O) groups is 2. The minimum atomic E-state index is -1.36. The molecule has 2 aliphatic rings. The second-order valence-corrected chi connectivity index (χ2v) is 7.00. The first-order chi connectivity index (χ1) is 11.1. The van der Waals surface area contributed by atoms with Crippen LogP contribution in [-0.4, -0.2) is 41.4 Å². The Morgan fingerprint density at radius 2 is 2.04 bits per heavy atom. The van der Waals surface area contributed by atoms with Gasteiger partial charge >= 0.3 is 5.97 Å². The summed E-state index contributed by atoms with van der Waals surface area (Å²) >= 11 is 1.72. The molecule has 23 heavy (non-hydrogen) atoms. The van der Waals surface area contributed by atoms with E-state index in [2.05, 4.69) is 10.6 Å². The number of thioether (sulfide) groups is 1. The Morgan fingerprint density at radius 3 is 2.74 bits per heavy atom. The van der Waals surface area contributed by atoms with Gasteiger partial charge in [0.25, 0.3) is 0 Å². The molecular formula is C17H20N2O3S. The molecule has 0 spiro atoms. The smallest absolute Gasteiger partial charge is 0.372 e. The number of hydrogen-bond donors (Lipinski definition) is 3. The van der Waals surface area contributed by atoms with E-state index in [9.17, 15) is 14.7 Å². The molecule has 0 bridgehead atoms. The van der Waals surface area contributed by atoms with Crippen LogP contribution in [0.4, 0.5) is 0 Å².